The normalized spacial score (nSPS) is 30.1. The van der Waals surface area contributed by atoms with Crippen molar-refractivity contribution in [3.05, 3.63) is 41.6 Å². The van der Waals surface area contributed by atoms with Crippen LogP contribution in [0.1, 0.15) is 108 Å². The van der Waals surface area contributed by atoms with E-state index in [0.29, 0.717) is 62.5 Å². The summed E-state index contributed by atoms with van der Waals surface area (Å²) in [7, 11) is -2.65. The lowest BCUT2D eigenvalue weighted by atomic mass is 9.87. The first kappa shape index (κ1) is 41.1. The summed E-state index contributed by atoms with van der Waals surface area (Å²) in [5.74, 6) is -3.00. The number of benzene rings is 1. The number of sulfonamides is 1. The number of pyridine rings is 1. The summed E-state index contributed by atoms with van der Waals surface area (Å²) in [6.45, 7) is 1.22. The lowest BCUT2D eigenvalue weighted by molar-refractivity contribution is -0.144. The molecule has 4 fully saturated rings. The second kappa shape index (κ2) is 15.1. The minimum absolute atomic E-state index is 0.0756. The quantitative estimate of drug-likeness (QED) is 0.321. The molecule has 0 radical (unpaired) electrons. The molecule has 1 spiro atoms. The molecule has 18 heteroatoms. The van der Waals surface area contributed by atoms with Gasteiger partial charge in [-0.15, -0.1) is 0 Å². The number of halogens is 3. The lowest BCUT2D eigenvalue weighted by Gasteiger charge is -2.37. The highest BCUT2D eigenvalue weighted by Crippen LogP contribution is 2.50. The molecule has 4 heterocycles. The van der Waals surface area contributed by atoms with Crippen LogP contribution in [0.5, 0.6) is 11.5 Å². The Bertz CT molecular complexity index is 2190. The number of hydrogen-bond donors (Lipinski definition) is 3. The molecule has 1 aromatic heterocycles. The summed E-state index contributed by atoms with van der Waals surface area (Å²) in [5, 5.41) is 5.94. The van der Waals surface area contributed by atoms with Gasteiger partial charge in [0, 0.05) is 23.3 Å². The fraction of sp³-hybridized carbons (Fsp3) is 0.634. The van der Waals surface area contributed by atoms with Gasteiger partial charge in [-0.25, -0.2) is 18.2 Å². The van der Waals surface area contributed by atoms with Crippen LogP contribution in [0.2, 0.25) is 0 Å². The fourth-order valence-electron chi connectivity index (χ4n) is 9.16. The Labute approximate surface area is 340 Å². The third-order valence-electron chi connectivity index (χ3n) is 13.1. The summed E-state index contributed by atoms with van der Waals surface area (Å²) < 4.78 is 89.2. The van der Waals surface area contributed by atoms with Gasteiger partial charge in [0.1, 0.15) is 35.1 Å². The van der Waals surface area contributed by atoms with Crippen molar-refractivity contribution < 1.29 is 55.0 Å². The number of aryl methyl sites for hydroxylation is 1. The van der Waals surface area contributed by atoms with Crippen molar-refractivity contribution in [3.8, 4) is 11.5 Å². The number of amides is 4. The Balaban J connectivity index is 1.15. The van der Waals surface area contributed by atoms with Crippen LogP contribution in [-0.2, 0) is 41.7 Å². The number of carbonyl (C=O) groups is 4. The van der Waals surface area contributed by atoms with Gasteiger partial charge in [-0.05, 0) is 102 Å². The number of aromatic nitrogens is 1. The Morgan fingerprint density at radius 2 is 1.78 bits per heavy atom. The van der Waals surface area contributed by atoms with Gasteiger partial charge in [-0.2, -0.15) is 13.2 Å². The van der Waals surface area contributed by atoms with E-state index in [1.165, 1.54) is 31.1 Å². The largest absolute Gasteiger partial charge is 0.497 e. The molecule has 5 atom stereocenters. The SMILES string of the molecule is COc1ccc2nc(C(F)(F)F)c3c(c2c1)CC[C@]1(C[C@H]2C(=O)N[C@]4(C(=O)NS(=O)(=O)C5(C)CC5)C[C@H]4/C=C\CCCCC[C@H](NC(=O)OC4CCCC4)C(=O)N2C1)O3. The zero-order valence-electron chi connectivity index (χ0n) is 33.1. The van der Waals surface area contributed by atoms with Gasteiger partial charge < -0.3 is 29.7 Å². The van der Waals surface area contributed by atoms with E-state index in [0.717, 1.165) is 12.8 Å². The van der Waals surface area contributed by atoms with Crippen molar-refractivity contribution in [3.63, 3.8) is 0 Å². The Hall–Kier alpha value is -4.61. The first-order valence-electron chi connectivity index (χ1n) is 20.6. The van der Waals surface area contributed by atoms with Gasteiger partial charge in [0.25, 0.3) is 5.91 Å². The predicted molar refractivity (Wildman–Crippen MR) is 207 cm³/mol. The summed E-state index contributed by atoms with van der Waals surface area (Å²) >= 11 is 0. The van der Waals surface area contributed by atoms with E-state index in [1.54, 1.807) is 12.1 Å². The van der Waals surface area contributed by atoms with Gasteiger partial charge in [0.05, 0.1) is 23.9 Å². The molecule has 1 aromatic carbocycles. The molecule has 3 aliphatic carbocycles. The third-order valence-corrected chi connectivity index (χ3v) is 15.3. The number of nitrogens with one attached hydrogen (secondary N) is 3. The molecule has 0 unspecified atom stereocenters. The maximum absolute atomic E-state index is 14.8. The molecule has 0 bridgehead atoms. The van der Waals surface area contributed by atoms with Crippen LogP contribution in [0, 0.1) is 5.92 Å². The predicted octanol–water partition coefficient (Wildman–Crippen LogP) is 5.36. The molecule has 3 N–H and O–H groups in total. The second-order valence-electron chi connectivity index (χ2n) is 17.4. The third kappa shape index (κ3) is 7.92. The smallest absolute Gasteiger partial charge is 0.437 e. The number of alkyl halides is 3. The molecule has 59 heavy (non-hydrogen) atoms. The molecular formula is C41H50F3N5O9S. The Kier molecular flexibility index (Phi) is 10.6. The van der Waals surface area contributed by atoms with Crippen LogP contribution in [0.4, 0.5) is 18.0 Å². The van der Waals surface area contributed by atoms with Gasteiger partial charge in [0.15, 0.2) is 11.4 Å². The number of ether oxygens (including phenoxy) is 3. The van der Waals surface area contributed by atoms with E-state index < -0.39 is 85.3 Å². The van der Waals surface area contributed by atoms with Crippen molar-refractivity contribution in [2.75, 3.05) is 13.7 Å². The van der Waals surface area contributed by atoms with Gasteiger partial charge >= 0.3 is 12.3 Å². The van der Waals surface area contributed by atoms with Gasteiger partial charge in [-0.1, -0.05) is 25.0 Å². The number of hydrogen-bond acceptors (Lipinski definition) is 10. The zero-order chi connectivity index (χ0) is 42.0. The molecule has 8 rings (SSSR count). The topological polar surface area (TPSA) is 182 Å². The van der Waals surface area contributed by atoms with E-state index in [-0.39, 0.29) is 55.8 Å². The van der Waals surface area contributed by atoms with Crippen molar-refractivity contribution in [1.82, 2.24) is 25.2 Å². The van der Waals surface area contributed by atoms with E-state index in [4.69, 9.17) is 14.2 Å². The maximum atomic E-state index is 14.8. The summed E-state index contributed by atoms with van der Waals surface area (Å²) in [4.78, 5) is 61.8. The van der Waals surface area contributed by atoms with E-state index in [2.05, 4.69) is 20.3 Å². The van der Waals surface area contributed by atoms with E-state index >= 15 is 0 Å². The highest BCUT2D eigenvalue weighted by molar-refractivity contribution is 7.91. The van der Waals surface area contributed by atoms with Crippen LogP contribution in [0.15, 0.2) is 30.4 Å². The van der Waals surface area contributed by atoms with Crippen molar-refractivity contribution in [1.29, 1.82) is 0 Å². The van der Waals surface area contributed by atoms with Crippen LogP contribution in [0.25, 0.3) is 10.9 Å². The van der Waals surface area contributed by atoms with E-state index in [9.17, 15) is 40.8 Å². The van der Waals surface area contributed by atoms with Crippen LogP contribution >= 0.6 is 0 Å². The molecule has 3 saturated carbocycles. The average Bonchev–Trinajstić information content (AvgIpc) is 3.98. The first-order valence-corrected chi connectivity index (χ1v) is 22.0. The second-order valence-corrected chi connectivity index (χ2v) is 19.5. The monoisotopic (exact) mass is 845 g/mol. The average molecular weight is 846 g/mol. The number of alkyl carbamates (subject to hydrolysis) is 1. The standard InChI is InChI=1S/C41H50F3N5O9S/c1-38(18-19-38)59(54,55)48-36(52)40-21-24(40)10-6-4-3-5-7-13-30(46-37(53)57-25-11-8-9-12-25)35(51)49-23-39(22-31(49)34(50)47-40)17-16-27-28-20-26(56-2)14-15-29(28)45-33(32(27)58-39)41(42,43)44/h6,10,14-15,20,24-25,30-31H,3-5,7-9,11-13,16-19,21-23H2,1-2H3,(H,46,53)(H,47,50)(H,48,52)/b10-6-/t24-,30+,31+,39-,40-/m1/s1. The minimum atomic E-state index is -4.92. The number of methoxy groups -OCH3 is 1. The molecule has 14 nitrogen and oxygen atoms in total. The number of carbonyl (C=O) groups excluding carboxylic acids is 4. The van der Waals surface area contributed by atoms with Gasteiger partial charge in [-0.3, -0.25) is 19.1 Å². The number of nitrogens with zero attached hydrogens (tertiary/aromatic N) is 2. The fourth-order valence-corrected chi connectivity index (χ4v) is 10.5. The van der Waals surface area contributed by atoms with Crippen LogP contribution < -0.4 is 24.8 Å². The highest BCUT2D eigenvalue weighted by atomic mass is 32.2. The molecular weight excluding hydrogens is 796 g/mol. The minimum Gasteiger partial charge on any atom is -0.497 e. The van der Waals surface area contributed by atoms with E-state index in [1.807, 2.05) is 6.08 Å². The van der Waals surface area contributed by atoms with Crippen molar-refractivity contribution in [2.45, 2.75) is 143 Å². The Morgan fingerprint density at radius 1 is 1.03 bits per heavy atom. The Morgan fingerprint density at radius 3 is 2.49 bits per heavy atom. The summed E-state index contributed by atoms with van der Waals surface area (Å²) in [5.41, 5.74) is -4.06. The number of rotatable bonds is 6. The van der Waals surface area contributed by atoms with Crippen LogP contribution in [-0.4, -0.2) is 89.8 Å². The molecule has 1 saturated heterocycles. The van der Waals surface area contributed by atoms with Crippen molar-refractivity contribution >= 4 is 44.7 Å². The maximum Gasteiger partial charge on any atom is 0.437 e. The zero-order valence-corrected chi connectivity index (χ0v) is 33.9. The van der Waals surface area contributed by atoms with Gasteiger partial charge in [0.2, 0.25) is 21.8 Å². The van der Waals surface area contributed by atoms with Crippen molar-refractivity contribution in [2.24, 2.45) is 5.92 Å². The summed E-state index contributed by atoms with van der Waals surface area (Å²) in [6, 6.07) is 2.03. The molecule has 320 valence electrons. The molecule has 6 aliphatic rings. The first-order chi connectivity index (χ1) is 28.0. The summed E-state index contributed by atoms with van der Waals surface area (Å²) in [6.07, 6.45) is 4.41. The molecule has 2 aromatic rings. The number of fused-ring (bicyclic) bond motifs is 5. The highest BCUT2D eigenvalue weighted by Gasteiger charge is 2.64. The molecule has 4 amide bonds. The molecule has 3 aliphatic heterocycles. The number of allylic oxidation sites excluding steroid dienone is 1. The van der Waals surface area contributed by atoms with Crippen LogP contribution in [0.3, 0.4) is 0 Å². The lowest BCUT2D eigenvalue weighted by Crippen LogP contribution is -2.58.